The Kier molecular flexibility index (Phi) is 5.23. The van der Waals surface area contributed by atoms with Gasteiger partial charge in [0, 0.05) is 13.1 Å². The number of thiophene rings is 1. The van der Waals surface area contributed by atoms with Crippen LogP contribution in [-0.2, 0) is 6.54 Å². The summed E-state index contributed by atoms with van der Waals surface area (Å²) in [5, 5.41) is 15.1. The molecule has 4 nitrogen and oxygen atoms in total. The molecule has 4 aromatic rings. The van der Waals surface area contributed by atoms with Crippen molar-refractivity contribution in [3.63, 3.8) is 0 Å². The fourth-order valence-corrected chi connectivity index (χ4v) is 4.05. The third-order valence-electron chi connectivity index (χ3n) is 4.63. The van der Waals surface area contributed by atoms with Crippen LogP contribution in [0.1, 0.15) is 27.7 Å². The largest absolute Gasteiger partial charge is 0.387 e. The number of aromatic nitrogens is 1. The van der Waals surface area contributed by atoms with Gasteiger partial charge in [-0.2, -0.15) is 0 Å². The van der Waals surface area contributed by atoms with Gasteiger partial charge in [0.25, 0.3) is 5.91 Å². The minimum atomic E-state index is -0.780. The number of benzene rings is 2. The third-order valence-corrected chi connectivity index (χ3v) is 5.48. The Labute approximate surface area is 165 Å². The van der Waals surface area contributed by atoms with Gasteiger partial charge in [-0.1, -0.05) is 42.5 Å². The number of aliphatic hydroxyl groups is 1. The molecule has 0 aliphatic rings. The normalized spacial score (nSPS) is 12.2. The van der Waals surface area contributed by atoms with Gasteiger partial charge in [0.15, 0.2) is 0 Å². The Morgan fingerprint density at radius 1 is 1.11 bits per heavy atom. The van der Waals surface area contributed by atoms with Gasteiger partial charge in [0.1, 0.15) is 11.5 Å². The predicted molar refractivity (Wildman–Crippen MR) is 109 cm³/mol. The zero-order valence-electron chi connectivity index (χ0n) is 15.0. The van der Waals surface area contributed by atoms with E-state index >= 15 is 0 Å². The van der Waals surface area contributed by atoms with Crippen molar-refractivity contribution in [2.45, 2.75) is 12.6 Å². The molecular formula is C22H19FN2O2S. The van der Waals surface area contributed by atoms with Crippen LogP contribution in [-0.4, -0.2) is 22.1 Å². The van der Waals surface area contributed by atoms with E-state index in [9.17, 15) is 14.3 Å². The lowest BCUT2D eigenvalue weighted by molar-refractivity contribution is 0.0908. The average molecular weight is 394 g/mol. The number of nitrogens with one attached hydrogen (secondary N) is 1. The van der Waals surface area contributed by atoms with Crippen molar-refractivity contribution in [1.29, 1.82) is 0 Å². The van der Waals surface area contributed by atoms with Gasteiger partial charge in [-0.05, 0) is 40.8 Å². The summed E-state index contributed by atoms with van der Waals surface area (Å²) >= 11 is 1.55. The summed E-state index contributed by atoms with van der Waals surface area (Å²) < 4.78 is 16.4. The highest BCUT2D eigenvalue weighted by molar-refractivity contribution is 7.17. The smallest absolute Gasteiger partial charge is 0.268 e. The van der Waals surface area contributed by atoms with Crippen molar-refractivity contribution in [2.24, 2.45) is 0 Å². The molecular weight excluding hydrogens is 375 g/mol. The van der Waals surface area contributed by atoms with E-state index in [0.29, 0.717) is 12.2 Å². The van der Waals surface area contributed by atoms with Gasteiger partial charge in [0.05, 0.1) is 16.3 Å². The number of halogens is 1. The molecule has 1 amide bonds. The van der Waals surface area contributed by atoms with Crippen molar-refractivity contribution < 1.29 is 14.3 Å². The molecule has 4 rings (SSSR count). The zero-order valence-corrected chi connectivity index (χ0v) is 15.8. The van der Waals surface area contributed by atoms with E-state index < -0.39 is 6.10 Å². The first-order chi connectivity index (χ1) is 13.6. The first kappa shape index (κ1) is 18.4. The van der Waals surface area contributed by atoms with Crippen molar-refractivity contribution >= 4 is 27.5 Å². The highest BCUT2D eigenvalue weighted by atomic mass is 32.1. The van der Waals surface area contributed by atoms with Crippen LogP contribution in [0.15, 0.2) is 72.1 Å². The molecule has 2 heterocycles. The van der Waals surface area contributed by atoms with Gasteiger partial charge in [-0.25, -0.2) is 4.39 Å². The molecule has 0 aliphatic heterocycles. The van der Waals surface area contributed by atoms with Crippen molar-refractivity contribution in [2.75, 3.05) is 6.54 Å². The van der Waals surface area contributed by atoms with E-state index in [2.05, 4.69) is 5.32 Å². The molecule has 2 aromatic heterocycles. The molecule has 0 saturated carbocycles. The second-order valence-corrected chi connectivity index (χ2v) is 7.50. The maximum atomic E-state index is 13.6. The molecule has 0 saturated heterocycles. The lowest BCUT2D eigenvalue weighted by Crippen LogP contribution is -2.30. The zero-order chi connectivity index (χ0) is 19.5. The first-order valence-electron chi connectivity index (χ1n) is 8.94. The molecule has 2 N–H and O–H groups in total. The van der Waals surface area contributed by atoms with Crippen LogP contribution in [0, 0.1) is 5.82 Å². The molecule has 0 radical (unpaired) electrons. The van der Waals surface area contributed by atoms with Crippen molar-refractivity contribution in [3.8, 4) is 0 Å². The Balaban J connectivity index is 1.56. The number of hydrogen-bond acceptors (Lipinski definition) is 3. The van der Waals surface area contributed by atoms with Crippen LogP contribution < -0.4 is 5.32 Å². The molecule has 0 aliphatic carbocycles. The molecule has 28 heavy (non-hydrogen) atoms. The number of aliphatic hydroxyl groups excluding tert-OH is 1. The van der Waals surface area contributed by atoms with Crippen LogP contribution in [0.4, 0.5) is 4.39 Å². The second-order valence-electron chi connectivity index (χ2n) is 6.55. The first-order valence-corrected chi connectivity index (χ1v) is 9.82. The summed E-state index contributed by atoms with van der Waals surface area (Å²) in [4.78, 5) is 12.8. The molecule has 2 aromatic carbocycles. The number of carbonyl (C=O) groups is 1. The van der Waals surface area contributed by atoms with Gasteiger partial charge in [0.2, 0.25) is 0 Å². The number of amides is 1. The quantitative estimate of drug-likeness (QED) is 0.511. The summed E-state index contributed by atoms with van der Waals surface area (Å²) in [6.07, 6.45) is -0.780. The number of rotatable bonds is 6. The summed E-state index contributed by atoms with van der Waals surface area (Å²) in [5.41, 5.74) is 2.95. The number of hydrogen-bond donors (Lipinski definition) is 2. The van der Waals surface area contributed by atoms with E-state index in [1.165, 1.54) is 12.1 Å². The van der Waals surface area contributed by atoms with E-state index in [1.54, 1.807) is 17.4 Å². The minimum Gasteiger partial charge on any atom is -0.387 e. The number of carbonyl (C=O) groups excluding carboxylic acids is 1. The van der Waals surface area contributed by atoms with Gasteiger partial charge < -0.3 is 15.0 Å². The van der Waals surface area contributed by atoms with Crippen LogP contribution in [0.3, 0.4) is 0 Å². The minimum absolute atomic E-state index is 0.113. The SMILES string of the molecule is O=C(NCC(O)c1ccccc1)c1cc2sccc2n1Cc1cccc(F)c1. The third kappa shape index (κ3) is 3.83. The van der Waals surface area contributed by atoms with Crippen LogP contribution in [0.25, 0.3) is 10.2 Å². The average Bonchev–Trinajstić information content (AvgIpc) is 3.29. The van der Waals surface area contributed by atoms with Crippen molar-refractivity contribution in [1.82, 2.24) is 9.88 Å². The molecule has 142 valence electrons. The van der Waals surface area contributed by atoms with Crippen LogP contribution in [0.2, 0.25) is 0 Å². The fourth-order valence-electron chi connectivity index (χ4n) is 3.23. The maximum absolute atomic E-state index is 13.6. The Morgan fingerprint density at radius 2 is 1.93 bits per heavy atom. The van der Waals surface area contributed by atoms with E-state index in [1.807, 2.05) is 58.5 Å². The molecule has 6 heteroatoms. The number of nitrogens with zero attached hydrogens (tertiary/aromatic N) is 1. The van der Waals surface area contributed by atoms with Gasteiger partial charge in [-0.15, -0.1) is 11.3 Å². The Morgan fingerprint density at radius 3 is 2.71 bits per heavy atom. The topological polar surface area (TPSA) is 54.3 Å². The van der Waals surface area contributed by atoms with E-state index in [-0.39, 0.29) is 18.3 Å². The molecule has 1 atom stereocenters. The highest BCUT2D eigenvalue weighted by Crippen LogP contribution is 2.26. The van der Waals surface area contributed by atoms with Gasteiger partial charge in [-0.3, -0.25) is 4.79 Å². The fraction of sp³-hybridized carbons (Fsp3) is 0.136. The lowest BCUT2D eigenvalue weighted by atomic mass is 10.1. The summed E-state index contributed by atoms with van der Waals surface area (Å²) in [7, 11) is 0. The Bertz CT molecular complexity index is 1100. The molecule has 0 spiro atoms. The summed E-state index contributed by atoms with van der Waals surface area (Å²) in [6.45, 7) is 0.504. The molecule has 1 unspecified atom stereocenters. The standard InChI is InChI=1S/C22H19FN2O2S/c23-17-8-4-5-15(11-17)14-25-18-9-10-28-21(18)12-19(25)22(27)24-13-20(26)16-6-2-1-3-7-16/h1-12,20,26H,13-14H2,(H,24,27). The highest BCUT2D eigenvalue weighted by Gasteiger charge is 2.18. The predicted octanol–water partition coefficient (Wildman–Crippen LogP) is 4.35. The Hall–Kier alpha value is -2.96. The van der Waals surface area contributed by atoms with E-state index in [4.69, 9.17) is 0 Å². The number of fused-ring (bicyclic) bond motifs is 1. The maximum Gasteiger partial charge on any atom is 0.268 e. The molecule has 0 bridgehead atoms. The summed E-state index contributed by atoms with van der Waals surface area (Å²) in [6, 6.07) is 19.4. The van der Waals surface area contributed by atoms with Crippen molar-refractivity contribution in [3.05, 3.63) is 94.7 Å². The second kappa shape index (κ2) is 7.96. The lowest BCUT2D eigenvalue weighted by Gasteiger charge is -2.14. The molecule has 0 fully saturated rings. The van der Waals surface area contributed by atoms with Crippen LogP contribution in [0.5, 0.6) is 0 Å². The monoisotopic (exact) mass is 394 g/mol. The van der Waals surface area contributed by atoms with E-state index in [0.717, 1.165) is 21.3 Å². The van der Waals surface area contributed by atoms with Gasteiger partial charge >= 0.3 is 0 Å². The summed E-state index contributed by atoms with van der Waals surface area (Å²) in [5.74, 6) is -0.571. The van der Waals surface area contributed by atoms with Crippen LogP contribution >= 0.6 is 11.3 Å².